The molecule has 4 heterocycles. The number of nitrogens with zero attached hydrogens (tertiary/aromatic N) is 5. The van der Waals surface area contributed by atoms with Gasteiger partial charge >= 0.3 is 0 Å². The zero-order chi connectivity index (χ0) is 25.4. The van der Waals surface area contributed by atoms with Gasteiger partial charge in [0, 0.05) is 72.1 Å². The summed E-state index contributed by atoms with van der Waals surface area (Å²) in [5.41, 5.74) is 4.30. The quantitative estimate of drug-likeness (QED) is 0.431. The van der Waals surface area contributed by atoms with Crippen molar-refractivity contribution in [2.75, 3.05) is 18.9 Å². The number of carbonyl (C=O) groups excluding carboxylic acids is 1. The molecular weight excluding hydrogens is 476 g/mol. The molecule has 9 heteroatoms. The number of rotatable bonds is 5. The Kier molecular flexibility index (Phi) is 6.45. The van der Waals surface area contributed by atoms with Crippen molar-refractivity contribution in [2.45, 2.75) is 39.3 Å². The third kappa shape index (κ3) is 4.44. The van der Waals surface area contributed by atoms with Gasteiger partial charge in [0.05, 0.1) is 5.69 Å². The van der Waals surface area contributed by atoms with E-state index in [1.165, 1.54) is 0 Å². The first-order chi connectivity index (χ1) is 17.4. The summed E-state index contributed by atoms with van der Waals surface area (Å²) in [6.45, 7) is 5.03. The Bertz CT molecular complexity index is 1530. The third-order valence-electron chi connectivity index (χ3n) is 6.68. The van der Waals surface area contributed by atoms with E-state index in [9.17, 15) is 9.59 Å². The van der Waals surface area contributed by atoms with Gasteiger partial charge < -0.3 is 10.2 Å². The van der Waals surface area contributed by atoms with Crippen LogP contribution < -0.4 is 10.9 Å². The third-order valence-corrected chi connectivity index (χ3v) is 6.99. The molecule has 3 aromatic heterocycles. The summed E-state index contributed by atoms with van der Waals surface area (Å²) in [4.78, 5) is 40.9. The molecular formula is C27H27ClN6O2. The van der Waals surface area contributed by atoms with Gasteiger partial charge in [-0.05, 0) is 44.0 Å². The largest absolute Gasteiger partial charge is 0.351 e. The van der Waals surface area contributed by atoms with Crippen molar-refractivity contribution in [3.05, 3.63) is 69.7 Å². The van der Waals surface area contributed by atoms with Crippen LogP contribution in [0.2, 0.25) is 5.02 Å². The van der Waals surface area contributed by atoms with Crippen LogP contribution in [-0.4, -0.2) is 50.0 Å². The van der Waals surface area contributed by atoms with E-state index in [0.29, 0.717) is 47.3 Å². The normalized spacial score (nSPS) is 15.9. The molecule has 1 aromatic carbocycles. The Balaban J connectivity index is 1.52. The lowest BCUT2D eigenvalue weighted by atomic mass is 10.0. The molecule has 1 aliphatic heterocycles. The summed E-state index contributed by atoms with van der Waals surface area (Å²) in [5.74, 6) is 0.503. The number of aromatic nitrogens is 4. The minimum atomic E-state index is -0.173. The van der Waals surface area contributed by atoms with Gasteiger partial charge in [-0.2, -0.15) is 4.98 Å². The fourth-order valence-electron chi connectivity index (χ4n) is 4.63. The average Bonchev–Trinajstić information content (AvgIpc) is 2.86. The molecule has 1 atom stereocenters. The van der Waals surface area contributed by atoms with Crippen molar-refractivity contribution in [2.24, 2.45) is 0 Å². The van der Waals surface area contributed by atoms with Crippen LogP contribution in [0, 0.1) is 6.92 Å². The van der Waals surface area contributed by atoms with E-state index in [2.05, 4.69) is 20.3 Å². The van der Waals surface area contributed by atoms with E-state index in [4.69, 9.17) is 11.6 Å². The van der Waals surface area contributed by atoms with Crippen LogP contribution in [0.1, 0.15) is 25.3 Å². The smallest absolute Gasteiger partial charge is 0.260 e. The highest BCUT2D eigenvalue weighted by Gasteiger charge is 2.24. The minimum absolute atomic E-state index is 0.0349. The maximum atomic E-state index is 13.5. The molecule has 1 fully saturated rings. The van der Waals surface area contributed by atoms with Gasteiger partial charge in [0.15, 0.2) is 0 Å². The Morgan fingerprint density at radius 1 is 1.14 bits per heavy atom. The highest BCUT2D eigenvalue weighted by molar-refractivity contribution is 6.33. The van der Waals surface area contributed by atoms with Crippen molar-refractivity contribution in [3.63, 3.8) is 0 Å². The number of fused-ring (bicyclic) bond motifs is 1. The van der Waals surface area contributed by atoms with Gasteiger partial charge in [-0.25, -0.2) is 4.98 Å². The topological polar surface area (TPSA) is 93.0 Å². The fraction of sp³-hybridized carbons (Fsp3) is 0.296. The Hall–Kier alpha value is -3.78. The van der Waals surface area contributed by atoms with Crippen LogP contribution >= 0.6 is 11.6 Å². The lowest BCUT2D eigenvalue weighted by Gasteiger charge is -2.29. The van der Waals surface area contributed by atoms with Crippen LogP contribution in [0.4, 0.5) is 5.95 Å². The van der Waals surface area contributed by atoms with Crippen LogP contribution in [-0.2, 0) is 11.3 Å². The van der Waals surface area contributed by atoms with Gasteiger partial charge in [-0.1, -0.05) is 29.8 Å². The van der Waals surface area contributed by atoms with Crippen molar-refractivity contribution < 1.29 is 4.79 Å². The molecule has 1 aliphatic rings. The number of likely N-dealkylation sites (tertiary alicyclic amines) is 1. The molecule has 1 amide bonds. The maximum Gasteiger partial charge on any atom is 0.260 e. The maximum absolute atomic E-state index is 13.5. The molecule has 36 heavy (non-hydrogen) atoms. The number of amides is 1. The van der Waals surface area contributed by atoms with Crippen molar-refractivity contribution in [1.82, 2.24) is 24.4 Å². The van der Waals surface area contributed by atoms with Crippen molar-refractivity contribution in [1.29, 1.82) is 0 Å². The monoisotopic (exact) mass is 502 g/mol. The highest BCUT2D eigenvalue weighted by atomic mass is 35.5. The van der Waals surface area contributed by atoms with Gasteiger partial charge in [-0.3, -0.25) is 19.1 Å². The summed E-state index contributed by atoms with van der Waals surface area (Å²) in [6.07, 6.45) is 4.66. The average molecular weight is 503 g/mol. The van der Waals surface area contributed by atoms with Crippen LogP contribution in [0.5, 0.6) is 0 Å². The summed E-state index contributed by atoms with van der Waals surface area (Å²) < 4.78 is 1.63. The first-order valence-corrected chi connectivity index (χ1v) is 12.4. The lowest BCUT2D eigenvalue weighted by Crippen LogP contribution is -2.41. The molecule has 1 saturated heterocycles. The zero-order valence-electron chi connectivity index (χ0n) is 20.5. The first kappa shape index (κ1) is 23.9. The molecule has 1 N–H and O–H groups in total. The molecule has 4 aromatic rings. The predicted octanol–water partition coefficient (Wildman–Crippen LogP) is 4.53. The standard InChI is InChI=1S/C27H27ClN6O2/c1-4-34-25-18(15-30-27(32-25)31-19-9-11-33(3)23(35)14-19)12-21(26(34)36)20-8-7-17(13-22(20)28)24-16(2)6-5-10-29-24/h5-8,10,12-13,15,19H,4,9,11,14H2,1-3H3,(H,30,31,32). The van der Waals surface area contributed by atoms with Crippen molar-refractivity contribution in [3.8, 4) is 22.4 Å². The Morgan fingerprint density at radius 2 is 1.97 bits per heavy atom. The SMILES string of the molecule is CCn1c(=O)c(-c2ccc(-c3ncccc3C)cc2Cl)cc2cnc(NC3CCN(C)C(=O)C3)nc21. The van der Waals surface area contributed by atoms with E-state index in [0.717, 1.165) is 28.6 Å². The first-order valence-electron chi connectivity index (χ1n) is 12.0. The fourth-order valence-corrected chi connectivity index (χ4v) is 4.91. The predicted molar refractivity (Wildman–Crippen MR) is 142 cm³/mol. The number of aryl methyl sites for hydroxylation is 2. The number of anilines is 1. The molecule has 0 aliphatic carbocycles. The Morgan fingerprint density at radius 3 is 2.69 bits per heavy atom. The molecule has 0 bridgehead atoms. The van der Waals surface area contributed by atoms with E-state index < -0.39 is 0 Å². The molecule has 5 rings (SSSR count). The Labute approximate surface area is 214 Å². The summed E-state index contributed by atoms with van der Waals surface area (Å²) in [7, 11) is 1.81. The molecule has 184 valence electrons. The second-order valence-electron chi connectivity index (χ2n) is 9.09. The number of benzene rings is 1. The second kappa shape index (κ2) is 9.70. The molecule has 1 unspecified atom stereocenters. The lowest BCUT2D eigenvalue weighted by molar-refractivity contribution is -0.132. The minimum Gasteiger partial charge on any atom is -0.351 e. The van der Waals surface area contributed by atoms with E-state index in [-0.39, 0.29) is 17.5 Å². The number of pyridine rings is 2. The van der Waals surface area contributed by atoms with Gasteiger partial charge in [0.25, 0.3) is 5.56 Å². The zero-order valence-corrected chi connectivity index (χ0v) is 21.2. The number of halogens is 1. The summed E-state index contributed by atoms with van der Waals surface area (Å²) >= 11 is 6.69. The second-order valence-corrected chi connectivity index (χ2v) is 9.50. The number of carbonyl (C=O) groups is 1. The van der Waals surface area contributed by atoms with Crippen LogP contribution in [0.15, 0.2) is 53.6 Å². The van der Waals surface area contributed by atoms with E-state index >= 15 is 0 Å². The van der Waals surface area contributed by atoms with Gasteiger partial charge in [0.2, 0.25) is 11.9 Å². The van der Waals surface area contributed by atoms with Crippen LogP contribution in [0.25, 0.3) is 33.4 Å². The number of piperidine rings is 1. The van der Waals surface area contributed by atoms with E-state index in [1.807, 2.05) is 51.2 Å². The molecule has 0 radical (unpaired) electrons. The van der Waals surface area contributed by atoms with Crippen molar-refractivity contribution >= 4 is 34.5 Å². The highest BCUT2D eigenvalue weighted by Crippen LogP contribution is 2.32. The summed E-state index contributed by atoms with van der Waals surface area (Å²) in [6, 6.07) is 11.3. The molecule has 0 saturated carbocycles. The van der Waals surface area contributed by atoms with Gasteiger partial charge in [-0.15, -0.1) is 0 Å². The van der Waals surface area contributed by atoms with Gasteiger partial charge in [0.1, 0.15) is 5.65 Å². The number of nitrogens with one attached hydrogen (secondary N) is 1. The van der Waals surface area contributed by atoms with Crippen LogP contribution in [0.3, 0.4) is 0 Å². The molecule has 0 spiro atoms. The van der Waals surface area contributed by atoms with E-state index in [1.54, 1.807) is 27.9 Å². The molecule has 8 nitrogen and oxygen atoms in total. The number of hydrogen-bond donors (Lipinski definition) is 1. The number of hydrogen-bond acceptors (Lipinski definition) is 6. The summed E-state index contributed by atoms with van der Waals surface area (Å²) in [5, 5.41) is 4.47.